The zero-order valence-electron chi connectivity index (χ0n) is 14.4. The van der Waals surface area contributed by atoms with Gasteiger partial charge in [0.1, 0.15) is 5.75 Å². The maximum absolute atomic E-state index is 12.3. The normalized spacial score (nSPS) is 18.1. The van der Waals surface area contributed by atoms with Crippen molar-refractivity contribution in [3.63, 3.8) is 0 Å². The van der Waals surface area contributed by atoms with E-state index in [1.807, 2.05) is 24.4 Å². The summed E-state index contributed by atoms with van der Waals surface area (Å²) in [5.74, 6) is 1.42. The van der Waals surface area contributed by atoms with Gasteiger partial charge in [0.2, 0.25) is 0 Å². The van der Waals surface area contributed by atoms with Crippen LogP contribution >= 0.6 is 11.3 Å². The summed E-state index contributed by atoms with van der Waals surface area (Å²) >= 11 is 1.52. The number of aryl methyl sites for hydroxylation is 1. The number of fused-ring (bicyclic) bond motifs is 1. The molecule has 1 aromatic carbocycles. The molecule has 0 saturated carbocycles. The molecule has 3 heterocycles. The van der Waals surface area contributed by atoms with Crippen molar-refractivity contribution >= 4 is 16.3 Å². The molecule has 3 aromatic rings. The number of aromatic nitrogens is 2. The van der Waals surface area contributed by atoms with Crippen LogP contribution in [-0.2, 0) is 6.54 Å². The number of hydrogen-bond acceptors (Lipinski definition) is 5. The van der Waals surface area contributed by atoms with Crippen LogP contribution in [0.2, 0.25) is 0 Å². The van der Waals surface area contributed by atoms with Crippen LogP contribution in [0, 0.1) is 6.92 Å². The first kappa shape index (κ1) is 16.3. The number of thiazole rings is 1. The van der Waals surface area contributed by atoms with Crippen molar-refractivity contribution in [3.05, 3.63) is 63.0 Å². The second-order valence-electron chi connectivity index (χ2n) is 6.57. The number of likely N-dealkylation sites (tertiary alicyclic amines) is 1. The van der Waals surface area contributed by atoms with Gasteiger partial charge in [-0.1, -0.05) is 12.1 Å². The fourth-order valence-corrected chi connectivity index (χ4v) is 4.43. The smallest absolute Gasteiger partial charge is 0.259 e. The molecule has 0 radical (unpaired) electrons. The van der Waals surface area contributed by atoms with E-state index in [4.69, 9.17) is 4.74 Å². The molecule has 6 heteroatoms. The predicted octanol–water partition coefficient (Wildman–Crippen LogP) is 3.06. The summed E-state index contributed by atoms with van der Waals surface area (Å²) in [5.41, 5.74) is 3.18. The van der Waals surface area contributed by atoms with Crippen molar-refractivity contribution in [1.29, 1.82) is 0 Å². The molecule has 0 aliphatic carbocycles. The van der Waals surface area contributed by atoms with Crippen molar-refractivity contribution in [3.8, 4) is 5.75 Å². The summed E-state index contributed by atoms with van der Waals surface area (Å²) < 4.78 is 6.91. The Morgan fingerprint density at radius 2 is 2.12 bits per heavy atom. The van der Waals surface area contributed by atoms with Crippen LogP contribution < -0.4 is 10.3 Å². The SMILES string of the molecule is COc1ccc([C@@H]2CCN(Cc3cc(=O)n4c(C)csc4n3)C2)cc1. The van der Waals surface area contributed by atoms with Crippen LogP contribution in [0.25, 0.3) is 4.96 Å². The third-order valence-corrected chi connectivity index (χ3v) is 5.82. The number of nitrogens with zero attached hydrogens (tertiary/aromatic N) is 3. The molecular formula is C19H21N3O2S. The highest BCUT2D eigenvalue weighted by atomic mass is 32.1. The van der Waals surface area contributed by atoms with Crippen LogP contribution in [0.1, 0.15) is 29.3 Å². The first-order valence-electron chi connectivity index (χ1n) is 8.47. The Hall–Kier alpha value is -2.18. The fourth-order valence-electron chi connectivity index (χ4n) is 3.54. The minimum Gasteiger partial charge on any atom is -0.497 e. The summed E-state index contributed by atoms with van der Waals surface area (Å²) in [5, 5.41) is 1.98. The van der Waals surface area contributed by atoms with E-state index >= 15 is 0 Å². The van der Waals surface area contributed by atoms with E-state index in [-0.39, 0.29) is 5.56 Å². The third-order valence-electron chi connectivity index (χ3n) is 4.87. The highest BCUT2D eigenvalue weighted by Crippen LogP contribution is 2.29. The first-order chi connectivity index (χ1) is 12.1. The molecule has 5 nitrogen and oxygen atoms in total. The summed E-state index contributed by atoms with van der Waals surface area (Å²) in [6.45, 7) is 4.69. The van der Waals surface area contributed by atoms with Gasteiger partial charge in [-0.3, -0.25) is 14.1 Å². The summed E-state index contributed by atoms with van der Waals surface area (Å²) in [7, 11) is 1.69. The Morgan fingerprint density at radius 1 is 1.32 bits per heavy atom. The van der Waals surface area contributed by atoms with Gasteiger partial charge in [-0.2, -0.15) is 0 Å². The first-order valence-corrected chi connectivity index (χ1v) is 9.35. The van der Waals surface area contributed by atoms with E-state index in [0.29, 0.717) is 5.92 Å². The van der Waals surface area contributed by atoms with Gasteiger partial charge in [-0.05, 0) is 43.5 Å². The van der Waals surface area contributed by atoms with E-state index in [1.165, 1.54) is 16.9 Å². The van der Waals surface area contributed by atoms with Crippen LogP contribution in [0.3, 0.4) is 0 Å². The average Bonchev–Trinajstić information content (AvgIpc) is 3.22. The molecule has 2 aromatic heterocycles. The van der Waals surface area contributed by atoms with Gasteiger partial charge in [-0.25, -0.2) is 4.98 Å². The average molecular weight is 355 g/mol. The molecule has 25 heavy (non-hydrogen) atoms. The van der Waals surface area contributed by atoms with Gasteiger partial charge < -0.3 is 4.74 Å². The van der Waals surface area contributed by atoms with Crippen LogP contribution in [0.5, 0.6) is 5.75 Å². The second kappa shape index (κ2) is 6.61. The quantitative estimate of drug-likeness (QED) is 0.722. The summed E-state index contributed by atoms with van der Waals surface area (Å²) in [4.78, 5) is 20.1. The molecule has 0 bridgehead atoms. The van der Waals surface area contributed by atoms with E-state index in [1.54, 1.807) is 17.6 Å². The molecule has 1 atom stereocenters. The van der Waals surface area contributed by atoms with Gasteiger partial charge >= 0.3 is 0 Å². The minimum absolute atomic E-state index is 0.0182. The number of hydrogen-bond donors (Lipinski definition) is 0. The van der Waals surface area contributed by atoms with Crippen molar-refractivity contribution in [2.75, 3.05) is 20.2 Å². The summed E-state index contributed by atoms with van der Waals surface area (Å²) in [6, 6.07) is 10.0. The van der Waals surface area contributed by atoms with Gasteiger partial charge in [0.25, 0.3) is 5.56 Å². The highest BCUT2D eigenvalue weighted by Gasteiger charge is 2.24. The predicted molar refractivity (Wildman–Crippen MR) is 99.7 cm³/mol. The van der Waals surface area contributed by atoms with Crippen molar-refractivity contribution in [2.45, 2.75) is 25.8 Å². The number of methoxy groups -OCH3 is 1. The molecular weight excluding hydrogens is 334 g/mol. The second-order valence-corrected chi connectivity index (χ2v) is 7.41. The standard InChI is InChI=1S/C19H21N3O2S/c1-13-12-25-19-20-16(9-18(23)22(13)19)11-21-8-7-15(10-21)14-3-5-17(24-2)6-4-14/h3-6,9,12,15H,7-8,10-11H2,1-2H3/t15-/m1/s1. The lowest BCUT2D eigenvalue weighted by molar-refractivity contribution is 0.323. The molecule has 0 unspecified atom stereocenters. The number of ether oxygens (including phenoxy) is 1. The van der Waals surface area contributed by atoms with Crippen molar-refractivity contribution in [1.82, 2.24) is 14.3 Å². The maximum atomic E-state index is 12.3. The van der Waals surface area contributed by atoms with Gasteiger partial charge in [0, 0.05) is 30.2 Å². The molecule has 4 rings (SSSR count). The molecule has 1 fully saturated rings. The largest absolute Gasteiger partial charge is 0.497 e. The zero-order chi connectivity index (χ0) is 17.4. The van der Waals surface area contributed by atoms with Crippen molar-refractivity contribution in [2.24, 2.45) is 0 Å². The Bertz CT molecular complexity index is 945. The van der Waals surface area contributed by atoms with Gasteiger partial charge in [-0.15, -0.1) is 11.3 Å². The highest BCUT2D eigenvalue weighted by molar-refractivity contribution is 7.15. The molecule has 0 N–H and O–H groups in total. The minimum atomic E-state index is 0.0182. The van der Waals surface area contributed by atoms with Crippen molar-refractivity contribution < 1.29 is 4.74 Å². The topological polar surface area (TPSA) is 46.8 Å². The molecule has 1 aliphatic rings. The lowest BCUT2D eigenvalue weighted by atomic mass is 9.98. The Kier molecular flexibility index (Phi) is 4.31. The lowest BCUT2D eigenvalue weighted by Gasteiger charge is -2.16. The van der Waals surface area contributed by atoms with Crippen LogP contribution in [-0.4, -0.2) is 34.5 Å². The maximum Gasteiger partial charge on any atom is 0.259 e. The fraction of sp³-hybridized carbons (Fsp3) is 0.368. The number of rotatable bonds is 4. The lowest BCUT2D eigenvalue weighted by Crippen LogP contribution is -2.23. The van der Waals surface area contributed by atoms with Crippen LogP contribution in [0.4, 0.5) is 0 Å². The Balaban J connectivity index is 1.48. The third kappa shape index (κ3) is 3.19. The molecule has 0 amide bonds. The molecule has 130 valence electrons. The van der Waals surface area contributed by atoms with E-state index in [9.17, 15) is 4.79 Å². The monoisotopic (exact) mass is 355 g/mol. The van der Waals surface area contributed by atoms with E-state index in [2.05, 4.69) is 22.0 Å². The Morgan fingerprint density at radius 3 is 2.88 bits per heavy atom. The zero-order valence-corrected chi connectivity index (χ0v) is 15.3. The van der Waals surface area contributed by atoms with Crippen LogP contribution in [0.15, 0.2) is 40.5 Å². The van der Waals surface area contributed by atoms with E-state index < -0.39 is 0 Å². The molecule has 0 spiro atoms. The number of benzene rings is 1. The van der Waals surface area contributed by atoms with Gasteiger partial charge in [0.05, 0.1) is 12.8 Å². The van der Waals surface area contributed by atoms with E-state index in [0.717, 1.165) is 48.2 Å². The Labute approximate surface area is 150 Å². The summed E-state index contributed by atoms with van der Waals surface area (Å²) in [6.07, 6.45) is 1.13. The van der Waals surface area contributed by atoms with Gasteiger partial charge in [0.15, 0.2) is 4.96 Å². The molecule has 1 saturated heterocycles. The molecule has 1 aliphatic heterocycles.